The van der Waals surface area contributed by atoms with E-state index in [9.17, 15) is 28.0 Å². The number of ether oxygens (including phenoxy) is 1. The van der Waals surface area contributed by atoms with Gasteiger partial charge in [-0.25, -0.2) is 18.4 Å². The van der Waals surface area contributed by atoms with Gasteiger partial charge in [-0.2, -0.15) is 0 Å². The average Bonchev–Trinajstić information content (AvgIpc) is 2.89. The summed E-state index contributed by atoms with van der Waals surface area (Å²) in [6, 6.07) is 11.2. The molecule has 1 atom stereocenters. The fourth-order valence-electron chi connectivity index (χ4n) is 4.72. The molecular weight excluding hydrogens is 536 g/mol. The Morgan fingerprint density at radius 2 is 1.68 bits per heavy atom. The minimum absolute atomic E-state index is 0.0558. The number of halogens is 2. The smallest absolute Gasteiger partial charge is 0.408 e. The van der Waals surface area contributed by atoms with Crippen LogP contribution in [0.3, 0.4) is 0 Å². The molecule has 2 aromatic carbocycles. The summed E-state index contributed by atoms with van der Waals surface area (Å²) in [5, 5.41) is 5.43. The molecular formula is C29H33F2N5O5. The van der Waals surface area contributed by atoms with Crippen LogP contribution in [0.4, 0.5) is 19.3 Å². The maximum atomic E-state index is 14.6. The van der Waals surface area contributed by atoms with Crippen molar-refractivity contribution in [2.24, 2.45) is 0 Å². The number of hydrogen-bond donors (Lipinski definition) is 2. The number of benzene rings is 2. The van der Waals surface area contributed by atoms with Gasteiger partial charge in [0.2, 0.25) is 5.91 Å². The van der Waals surface area contributed by atoms with E-state index in [1.54, 1.807) is 56.0 Å². The van der Waals surface area contributed by atoms with Crippen LogP contribution < -0.4 is 26.8 Å². The van der Waals surface area contributed by atoms with Gasteiger partial charge in [0.1, 0.15) is 22.9 Å². The van der Waals surface area contributed by atoms with Crippen LogP contribution in [0.1, 0.15) is 43.6 Å². The largest absolute Gasteiger partial charge is 0.444 e. The molecule has 1 fully saturated rings. The minimum atomic E-state index is -0.879. The van der Waals surface area contributed by atoms with E-state index in [2.05, 4.69) is 10.6 Å². The second kappa shape index (κ2) is 11.9. The molecule has 0 radical (unpaired) electrons. The van der Waals surface area contributed by atoms with E-state index in [1.807, 2.05) is 0 Å². The van der Waals surface area contributed by atoms with Crippen LogP contribution in [0.25, 0.3) is 0 Å². The molecule has 3 aromatic rings. The summed E-state index contributed by atoms with van der Waals surface area (Å²) < 4.78 is 36.7. The summed E-state index contributed by atoms with van der Waals surface area (Å²) in [6.45, 7) is 6.22. The summed E-state index contributed by atoms with van der Waals surface area (Å²) >= 11 is 0. The zero-order valence-electron chi connectivity index (χ0n) is 23.4. The van der Waals surface area contributed by atoms with Crippen LogP contribution >= 0.6 is 0 Å². The lowest BCUT2D eigenvalue weighted by atomic mass is 10.1. The van der Waals surface area contributed by atoms with Crippen molar-refractivity contribution in [1.82, 2.24) is 19.8 Å². The topological polar surface area (TPSA) is 115 Å². The number of alkyl carbamates (subject to hydrolysis) is 1. The third kappa shape index (κ3) is 6.82. The third-order valence-electron chi connectivity index (χ3n) is 6.65. The van der Waals surface area contributed by atoms with Crippen LogP contribution in [0.5, 0.6) is 0 Å². The van der Waals surface area contributed by atoms with Gasteiger partial charge in [0, 0.05) is 24.3 Å². The Morgan fingerprint density at radius 1 is 1.02 bits per heavy atom. The maximum absolute atomic E-state index is 14.6. The van der Waals surface area contributed by atoms with Crippen molar-refractivity contribution < 1.29 is 23.1 Å². The van der Waals surface area contributed by atoms with E-state index in [0.29, 0.717) is 5.56 Å². The lowest BCUT2D eigenvalue weighted by molar-refractivity contribution is -0.120. The standard InChI is InChI=1S/C29H33F2N5O5/c1-18-25(34-14-13-32-24(37)17-34)26(38)36(28(40)35(18)15-20-21(30)11-8-12-22(20)31)16-23(19-9-6-5-7-10-19)33-27(39)41-29(2,3)4/h5-12,23H,13-17H2,1-4H3,(H,32,37)(H,33,39)/t23-/m0/s1. The minimum Gasteiger partial charge on any atom is -0.444 e. The zero-order chi connectivity index (χ0) is 29.9. The molecule has 218 valence electrons. The summed E-state index contributed by atoms with van der Waals surface area (Å²) in [5.41, 5.74) is -1.87. The number of nitrogens with one attached hydrogen (secondary N) is 2. The van der Waals surface area contributed by atoms with Gasteiger partial charge in [0.15, 0.2) is 0 Å². The van der Waals surface area contributed by atoms with Crippen molar-refractivity contribution in [3.05, 3.63) is 97.8 Å². The van der Waals surface area contributed by atoms with Gasteiger partial charge in [-0.3, -0.25) is 18.7 Å². The SMILES string of the molecule is Cc1c(N2CCNC(=O)C2)c(=O)n(C[C@H](NC(=O)OC(C)(C)C)c2ccccc2)c(=O)n1Cc1c(F)cccc1F. The van der Waals surface area contributed by atoms with Crippen LogP contribution in [-0.2, 0) is 22.6 Å². The highest BCUT2D eigenvalue weighted by molar-refractivity contribution is 5.82. The summed E-state index contributed by atoms with van der Waals surface area (Å²) in [4.78, 5) is 54.3. The van der Waals surface area contributed by atoms with Crippen molar-refractivity contribution >= 4 is 17.7 Å². The summed E-state index contributed by atoms with van der Waals surface area (Å²) in [6.07, 6.45) is -0.756. The Morgan fingerprint density at radius 3 is 2.29 bits per heavy atom. The Kier molecular flexibility index (Phi) is 8.60. The number of anilines is 1. The Balaban J connectivity index is 1.87. The molecule has 1 saturated heterocycles. The third-order valence-corrected chi connectivity index (χ3v) is 6.65. The van der Waals surface area contributed by atoms with Crippen molar-refractivity contribution in [1.29, 1.82) is 0 Å². The zero-order valence-corrected chi connectivity index (χ0v) is 23.4. The Labute approximate surface area is 235 Å². The Hall–Kier alpha value is -4.48. The highest BCUT2D eigenvalue weighted by Gasteiger charge is 2.28. The first-order valence-corrected chi connectivity index (χ1v) is 13.2. The Bertz CT molecular complexity index is 1540. The second-order valence-corrected chi connectivity index (χ2v) is 10.8. The average molecular weight is 570 g/mol. The number of nitrogens with zero attached hydrogens (tertiary/aromatic N) is 3. The monoisotopic (exact) mass is 569 g/mol. The predicted octanol–water partition coefficient (Wildman–Crippen LogP) is 2.85. The molecule has 12 heteroatoms. The van der Waals surface area contributed by atoms with Crippen molar-refractivity contribution in [2.75, 3.05) is 24.5 Å². The van der Waals surface area contributed by atoms with Gasteiger partial charge in [0.05, 0.1) is 25.7 Å². The van der Waals surface area contributed by atoms with Crippen LogP contribution in [-0.4, -0.2) is 46.4 Å². The number of amides is 2. The molecule has 0 bridgehead atoms. The second-order valence-electron chi connectivity index (χ2n) is 10.8. The van der Waals surface area contributed by atoms with E-state index in [4.69, 9.17) is 4.74 Å². The molecule has 10 nitrogen and oxygen atoms in total. The number of aromatic nitrogens is 2. The highest BCUT2D eigenvalue weighted by Crippen LogP contribution is 2.21. The van der Waals surface area contributed by atoms with E-state index < -0.39 is 47.2 Å². The molecule has 1 aromatic heterocycles. The van der Waals surface area contributed by atoms with Gasteiger partial charge in [-0.15, -0.1) is 0 Å². The van der Waals surface area contributed by atoms with E-state index >= 15 is 0 Å². The molecule has 4 rings (SSSR count). The highest BCUT2D eigenvalue weighted by atomic mass is 19.1. The van der Waals surface area contributed by atoms with Crippen LogP contribution in [0, 0.1) is 18.6 Å². The van der Waals surface area contributed by atoms with Gasteiger partial charge < -0.3 is 20.3 Å². The van der Waals surface area contributed by atoms with Gasteiger partial charge in [-0.1, -0.05) is 36.4 Å². The van der Waals surface area contributed by atoms with Gasteiger partial charge in [0.25, 0.3) is 5.56 Å². The first-order chi connectivity index (χ1) is 19.4. The quantitative estimate of drug-likeness (QED) is 0.453. The summed E-state index contributed by atoms with van der Waals surface area (Å²) in [7, 11) is 0. The number of piperazine rings is 1. The number of hydrogen-bond acceptors (Lipinski definition) is 6. The lowest BCUT2D eigenvalue weighted by Gasteiger charge is -2.31. The molecule has 2 N–H and O–H groups in total. The first-order valence-electron chi connectivity index (χ1n) is 13.2. The fourth-order valence-corrected chi connectivity index (χ4v) is 4.72. The van der Waals surface area contributed by atoms with Gasteiger partial charge >= 0.3 is 11.8 Å². The molecule has 2 amide bonds. The van der Waals surface area contributed by atoms with E-state index in [1.165, 1.54) is 13.0 Å². The number of rotatable bonds is 7. The van der Waals surface area contributed by atoms with Crippen LogP contribution in [0.15, 0.2) is 58.1 Å². The van der Waals surface area contributed by atoms with E-state index in [-0.39, 0.29) is 49.0 Å². The molecule has 1 aliphatic heterocycles. The van der Waals surface area contributed by atoms with Crippen LogP contribution in [0.2, 0.25) is 0 Å². The van der Waals surface area contributed by atoms with Crippen molar-refractivity contribution in [2.45, 2.75) is 52.4 Å². The summed E-state index contributed by atoms with van der Waals surface area (Å²) in [5.74, 6) is -2.00. The molecule has 0 aliphatic carbocycles. The molecule has 1 aliphatic rings. The fraction of sp³-hybridized carbons (Fsp3) is 0.379. The number of carbonyl (C=O) groups excluding carboxylic acids is 2. The van der Waals surface area contributed by atoms with E-state index in [0.717, 1.165) is 21.3 Å². The lowest BCUT2D eigenvalue weighted by Crippen LogP contribution is -2.53. The van der Waals surface area contributed by atoms with Crippen molar-refractivity contribution in [3.8, 4) is 0 Å². The molecule has 0 unspecified atom stereocenters. The van der Waals surface area contributed by atoms with Gasteiger partial charge in [-0.05, 0) is 45.4 Å². The molecule has 2 heterocycles. The predicted molar refractivity (Wildman–Crippen MR) is 149 cm³/mol. The maximum Gasteiger partial charge on any atom is 0.408 e. The molecule has 0 saturated carbocycles. The first kappa shape index (κ1) is 29.5. The van der Waals surface area contributed by atoms with Crippen molar-refractivity contribution in [3.63, 3.8) is 0 Å². The normalized spacial score (nSPS) is 14.4. The molecule has 41 heavy (non-hydrogen) atoms. The number of carbonyl (C=O) groups is 2. The molecule has 0 spiro atoms.